The van der Waals surface area contributed by atoms with Crippen molar-refractivity contribution >= 4 is 12.0 Å². The van der Waals surface area contributed by atoms with Crippen LogP contribution in [0.25, 0.3) is 0 Å². The largest absolute Gasteiger partial charge is 0.465 e. The molecule has 3 heterocycles. The number of piperidine rings is 1. The van der Waals surface area contributed by atoms with Crippen LogP contribution >= 0.6 is 0 Å². The van der Waals surface area contributed by atoms with E-state index in [1.807, 2.05) is 4.90 Å². The Kier molecular flexibility index (Phi) is 3.94. The average Bonchev–Trinajstić information content (AvgIpc) is 2.92. The molecule has 2 saturated carbocycles. The Morgan fingerprint density at radius 2 is 1.77 bits per heavy atom. The van der Waals surface area contributed by atoms with Gasteiger partial charge in [0.2, 0.25) is 5.91 Å². The predicted octanol–water partition coefficient (Wildman–Crippen LogP) is 0.946. The van der Waals surface area contributed by atoms with Crippen molar-refractivity contribution in [3.63, 3.8) is 0 Å². The van der Waals surface area contributed by atoms with Gasteiger partial charge in [0.25, 0.3) is 0 Å². The van der Waals surface area contributed by atoms with Crippen LogP contribution in [0.3, 0.4) is 0 Å². The molecule has 2 aliphatic carbocycles. The lowest BCUT2D eigenvalue weighted by atomic mass is 9.64. The minimum absolute atomic E-state index is 0.247. The maximum atomic E-state index is 12.8. The Bertz CT molecular complexity index is 586. The van der Waals surface area contributed by atoms with Crippen molar-refractivity contribution in [2.24, 2.45) is 23.2 Å². The van der Waals surface area contributed by atoms with Gasteiger partial charge in [-0.05, 0) is 42.9 Å². The SMILES string of the molecule is O=C(O)N1CCC2(CC(N3C[C@@H]4[C@H](C3)[C@@H]4C(=O)N3CCCOCC3)C2)C1. The second-order valence-electron chi connectivity index (χ2n) is 9.11. The van der Waals surface area contributed by atoms with E-state index in [2.05, 4.69) is 4.90 Å². The van der Waals surface area contributed by atoms with Crippen LogP contribution < -0.4 is 0 Å². The molecule has 26 heavy (non-hydrogen) atoms. The van der Waals surface area contributed by atoms with E-state index in [0.717, 1.165) is 65.0 Å². The van der Waals surface area contributed by atoms with Gasteiger partial charge in [0.15, 0.2) is 0 Å². The van der Waals surface area contributed by atoms with E-state index in [1.54, 1.807) is 4.90 Å². The average molecular weight is 363 g/mol. The monoisotopic (exact) mass is 363 g/mol. The van der Waals surface area contributed by atoms with Crippen LogP contribution in [0, 0.1) is 23.2 Å². The molecule has 3 saturated heterocycles. The molecule has 3 aliphatic heterocycles. The summed E-state index contributed by atoms with van der Waals surface area (Å²) in [5.41, 5.74) is 0.247. The normalized spacial score (nSPS) is 42.5. The Morgan fingerprint density at radius 3 is 2.46 bits per heavy atom. The number of carboxylic acid groups (broad SMARTS) is 1. The zero-order chi connectivity index (χ0) is 17.9. The molecule has 0 aromatic carbocycles. The molecular formula is C19H29N3O4. The summed E-state index contributed by atoms with van der Waals surface area (Å²) in [6, 6.07) is 0.610. The van der Waals surface area contributed by atoms with E-state index in [1.165, 1.54) is 0 Å². The van der Waals surface area contributed by atoms with Gasteiger partial charge < -0.3 is 19.6 Å². The van der Waals surface area contributed by atoms with Gasteiger partial charge >= 0.3 is 6.09 Å². The first-order valence-corrected chi connectivity index (χ1v) is 10.1. The number of hydrogen-bond acceptors (Lipinski definition) is 4. The topological polar surface area (TPSA) is 73.3 Å². The van der Waals surface area contributed by atoms with Crippen LogP contribution in [-0.2, 0) is 9.53 Å². The number of likely N-dealkylation sites (tertiary alicyclic amines) is 2. The van der Waals surface area contributed by atoms with Gasteiger partial charge in [-0.2, -0.15) is 0 Å². The molecule has 1 spiro atoms. The van der Waals surface area contributed by atoms with Gasteiger partial charge in [0, 0.05) is 57.8 Å². The van der Waals surface area contributed by atoms with E-state index in [9.17, 15) is 9.59 Å². The van der Waals surface area contributed by atoms with E-state index >= 15 is 0 Å². The van der Waals surface area contributed by atoms with E-state index < -0.39 is 6.09 Å². The molecule has 0 radical (unpaired) electrons. The first-order valence-electron chi connectivity index (χ1n) is 10.1. The zero-order valence-electron chi connectivity index (χ0n) is 15.3. The fourth-order valence-electron chi connectivity index (χ4n) is 6.03. The summed E-state index contributed by atoms with van der Waals surface area (Å²) >= 11 is 0. The van der Waals surface area contributed by atoms with Crippen molar-refractivity contribution in [1.82, 2.24) is 14.7 Å². The molecule has 0 bridgehead atoms. The molecule has 144 valence electrons. The minimum Gasteiger partial charge on any atom is -0.465 e. The van der Waals surface area contributed by atoms with Crippen LogP contribution in [0.5, 0.6) is 0 Å². The number of carbonyl (C=O) groups is 2. The molecular weight excluding hydrogens is 334 g/mol. The van der Waals surface area contributed by atoms with E-state index in [0.29, 0.717) is 36.9 Å². The second kappa shape index (κ2) is 6.09. The highest BCUT2D eigenvalue weighted by Gasteiger charge is 2.62. The molecule has 7 heteroatoms. The lowest BCUT2D eigenvalue weighted by molar-refractivity contribution is -0.133. The van der Waals surface area contributed by atoms with Crippen LogP contribution in [0.1, 0.15) is 25.7 Å². The standard InChI is InChI=1S/C19H29N3O4/c23-17(20-3-1-6-26-7-5-20)16-14-10-22(11-15(14)16)13-8-19(9-13)2-4-21(12-19)18(24)25/h13-16H,1-12H2,(H,24,25)/t13?,14-,15+,16-,19?. The smallest absolute Gasteiger partial charge is 0.407 e. The van der Waals surface area contributed by atoms with Gasteiger partial charge in [-0.25, -0.2) is 4.79 Å². The Hall–Kier alpha value is -1.34. The van der Waals surface area contributed by atoms with Crippen molar-refractivity contribution in [3.05, 3.63) is 0 Å². The van der Waals surface area contributed by atoms with E-state index in [4.69, 9.17) is 9.84 Å². The summed E-state index contributed by atoms with van der Waals surface area (Å²) in [7, 11) is 0. The molecule has 5 aliphatic rings. The fraction of sp³-hybridized carbons (Fsp3) is 0.895. The molecule has 3 atom stereocenters. The van der Waals surface area contributed by atoms with Crippen LogP contribution in [0.2, 0.25) is 0 Å². The van der Waals surface area contributed by atoms with Gasteiger partial charge in [0.05, 0.1) is 6.61 Å². The summed E-state index contributed by atoms with van der Waals surface area (Å²) in [5, 5.41) is 9.16. The molecule has 0 aromatic heterocycles. The van der Waals surface area contributed by atoms with Crippen molar-refractivity contribution < 1.29 is 19.4 Å². The quantitative estimate of drug-likeness (QED) is 0.791. The number of fused-ring (bicyclic) bond motifs is 1. The van der Waals surface area contributed by atoms with Crippen molar-refractivity contribution in [1.29, 1.82) is 0 Å². The van der Waals surface area contributed by atoms with Crippen molar-refractivity contribution in [2.45, 2.75) is 31.7 Å². The number of amides is 2. The maximum Gasteiger partial charge on any atom is 0.407 e. The lowest BCUT2D eigenvalue weighted by Gasteiger charge is -2.49. The van der Waals surface area contributed by atoms with E-state index in [-0.39, 0.29) is 11.3 Å². The molecule has 0 aromatic rings. The molecule has 1 N–H and O–H groups in total. The molecule has 2 amide bonds. The molecule has 0 unspecified atom stereocenters. The maximum absolute atomic E-state index is 12.8. The third-order valence-electron chi connectivity index (χ3n) is 7.60. The van der Waals surface area contributed by atoms with Crippen molar-refractivity contribution in [3.8, 4) is 0 Å². The summed E-state index contributed by atoms with van der Waals surface area (Å²) < 4.78 is 5.47. The number of nitrogens with zero attached hydrogens (tertiary/aromatic N) is 3. The highest BCUT2D eigenvalue weighted by Crippen LogP contribution is 2.57. The van der Waals surface area contributed by atoms with Gasteiger partial charge in [-0.3, -0.25) is 9.69 Å². The minimum atomic E-state index is -0.770. The number of ether oxygens (including phenoxy) is 1. The summed E-state index contributed by atoms with van der Waals surface area (Å²) in [5.74, 6) is 1.74. The third kappa shape index (κ3) is 2.71. The lowest BCUT2D eigenvalue weighted by Crippen LogP contribution is -2.52. The Balaban J connectivity index is 1.10. The fourth-order valence-corrected chi connectivity index (χ4v) is 6.03. The third-order valence-corrected chi connectivity index (χ3v) is 7.60. The summed E-state index contributed by atoms with van der Waals surface area (Å²) in [6.07, 6.45) is 3.48. The number of hydrogen-bond donors (Lipinski definition) is 1. The molecule has 7 nitrogen and oxygen atoms in total. The zero-order valence-corrected chi connectivity index (χ0v) is 15.3. The predicted molar refractivity (Wildman–Crippen MR) is 93.7 cm³/mol. The number of carbonyl (C=O) groups excluding carboxylic acids is 1. The highest BCUT2D eigenvalue weighted by molar-refractivity contribution is 5.82. The highest BCUT2D eigenvalue weighted by atomic mass is 16.5. The molecule has 5 fully saturated rings. The summed E-state index contributed by atoms with van der Waals surface area (Å²) in [6.45, 7) is 6.60. The van der Waals surface area contributed by atoms with Crippen LogP contribution in [-0.4, -0.2) is 90.3 Å². The van der Waals surface area contributed by atoms with Gasteiger partial charge in [-0.15, -0.1) is 0 Å². The molecule has 5 rings (SSSR count). The second-order valence-corrected chi connectivity index (χ2v) is 9.11. The Labute approximate surface area is 154 Å². The van der Waals surface area contributed by atoms with Crippen molar-refractivity contribution in [2.75, 3.05) is 52.5 Å². The first-order chi connectivity index (χ1) is 12.6. The first kappa shape index (κ1) is 16.8. The van der Waals surface area contributed by atoms with Crippen LogP contribution in [0.4, 0.5) is 4.79 Å². The Morgan fingerprint density at radius 1 is 1.00 bits per heavy atom. The number of rotatable bonds is 2. The van der Waals surface area contributed by atoms with Gasteiger partial charge in [-0.1, -0.05) is 0 Å². The van der Waals surface area contributed by atoms with Crippen LogP contribution in [0.15, 0.2) is 0 Å². The summed E-state index contributed by atoms with van der Waals surface area (Å²) in [4.78, 5) is 30.1. The van der Waals surface area contributed by atoms with Gasteiger partial charge in [0.1, 0.15) is 0 Å².